The molecule has 0 saturated heterocycles. The number of halogens is 1. The van der Waals surface area contributed by atoms with Gasteiger partial charge in [-0.15, -0.1) is 4.91 Å². The molecule has 1 aromatic heterocycles. The number of benzene rings is 3. The Labute approximate surface area is 166 Å². The summed E-state index contributed by atoms with van der Waals surface area (Å²) in [5, 5.41) is 14.5. The van der Waals surface area contributed by atoms with E-state index in [0.717, 1.165) is 11.1 Å². The van der Waals surface area contributed by atoms with Gasteiger partial charge < -0.3 is 14.4 Å². The lowest BCUT2D eigenvalue weighted by Gasteiger charge is -2.13. The Bertz CT molecular complexity index is 1140. The topological polar surface area (TPSA) is 63.8 Å². The van der Waals surface area contributed by atoms with E-state index in [1.54, 1.807) is 22.8 Å². The lowest BCUT2D eigenvalue weighted by molar-refractivity contribution is 0.302. The van der Waals surface area contributed by atoms with Crippen LogP contribution in [0.1, 0.15) is 11.1 Å². The first-order valence-electron chi connectivity index (χ1n) is 8.76. The van der Waals surface area contributed by atoms with Gasteiger partial charge in [0.15, 0.2) is 5.69 Å². The summed E-state index contributed by atoms with van der Waals surface area (Å²) in [5.74, 6) is 0.521. The molecule has 0 spiro atoms. The molecule has 4 rings (SSSR count). The first kappa shape index (κ1) is 18.1. The average Bonchev–Trinajstić information content (AvgIpc) is 2.98. The Morgan fingerprint density at radius 3 is 2.54 bits per heavy atom. The number of hydrogen-bond acceptors (Lipinski definition) is 4. The van der Waals surface area contributed by atoms with Crippen LogP contribution in [0, 0.1) is 4.91 Å². The zero-order valence-electron chi connectivity index (χ0n) is 14.9. The Balaban J connectivity index is 1.69. The van der Waals surface area contributed by atoms with Crippen molar-refractivity contribution < 1.29 is 9.84 Å². The Kier molecular flexibility index (Phi) is 5.00. The van der Waals surface area contributed by atoms with Gasteiger partial charge in [-0.25, -0.2) is 0 Å². The van der Waals surface area contributed by atoms with Crippen molar-refractivity contribution in [3.8, 4) is 11.6 Å². The quantitative estimate of drug-likeness (QED) is 0.408. The van der Waals surface area contributed by atoms with E-state index in [2.05, 4.69) is 5.18 Å². The number of aromatic nitrogens is 1. The van der Waals surface area contributed by atoms with Crippen LogP contribution in [0.3, 0.4) is 0 Å². The molecule has 1 heterocycles. The molecule has 5 nitrogen and oxygen atoms in total. The second-order valence-corrected chi connectivity index (χ2v) is 6.83. The Morgan fingerprint density at radius 2 is 1.75 bits per heavy atom. The molecular formula is C22H17ClN2O3. The summed E-state index contributed by atoms with van der Waals surface area (Å²) in [7, 11) is 0. The molecule has 1 N–H and O–H groups in total. The van der Waals surface area contributed by atoms with Crippen LogP contribution in [-0.2, 0) is 13.2 Å². The molecule has 0 aliphatic carbocycles. The van der Waals surface area contributed by atoms with E-state index in [9.17, 15) is 10.0 Å². The van der Waals surface area contributed by atoms with Crippen molar-refractivity contribution in [2.45, 2.75) is 13.2 Å². The van der Waals surface area contributed by atoms with E-state index in [4.69, 9.17) is 16.3 Å². The minimum absolute atomic E-state index is 0.0137. The highest BCUT2D eigenvalue weighted by molar-refractivity contribution is 6.31. The van der Waals surface area contributed by atoms with Crippen molar-refractivity contribution in [3.05, 3.63) is 93.9 Å². The van der Waals surface area contributed by atoms with Gasteiger partial charge in [-0.2, -0.15) is 0 Å². The number of rotatable bonds is 6. The number of nitrogens with zero attached hydrogens (tertiary/aromatic N) is 2. The van der Waals surface area contributed by atoms with Crippen LogP contribution in [0.4, 0.5) is 5.69 Å². The van der Waals surface area contributed by atoms with Crippen molar-refractivity contribution in [1.82, 2.24) is 4.57 Å². The van der Waals surface area contributed by atoms with Crippen LogP contribution in [-0.4, -0.2) is 9.67 Å². The van der Waals surface area contributed by atoms with Crippen LogP contribution < -0.4 is 4.74 Å². The minimum Gasteiger partial charge on any atom is -0.493 e. The smallest absolute Gasteiger partial charge is 0.222 e. The fourth-order valence-electron chi connectivity index (χ4n) is 3.23. The molecule has 140 valence electrons. The number of ether oxygens (including phenoxy) is 1. The largest absolute Gasteiger partial charge is 0.493 e. The fraction of sp³-hybridized carbons (Fsp3) is 0.0909. The van der Waals surface area contributed by atoms with Gasteiger partial charge in [0.1, 0.15) is 12.4 Å². The van der Waals surface area contributed by atoms with Crippen molar-refractivity contribution >= 4 is 28.2 Å². The van der Waals surface area contributed by atoms with E-state index in [-0.39, 0.29) is 11.6 Å². The average molecular weight is 393 g/mol. The van der Waals surface area contributed by atoms with Gasteiger partial charge in [0.25, 0.3) is 0 Å². The summed E-state index contributed by atoms with van der Waals surface area (Å²) in [5.41, 5.74) is 2.60. The molecule has 28 heavy (non-hydrogen) atoms. The van der Waals surface area contributed by atoms with Gasteiger partial charge >= 0.3 is 0 Å². The monoisotopic (exact) mass is 392 g/mol. The maximum Gasteiger partial charge on any atom is 0.222 e. The van der Waals surface area contributed by atoms with Crippen LogP contribution in [0.5, 0.6) is 11.6 Å². The summed E-state index contributed by atoms with van der Waals surface area (Å²) in [6.07, 6.45) is 0. The zero-order valence-corrected chi connectivity index (χ0v) is 15.6. The third kappa shape index (κ3) is 3.44. The summed E-state index contributed by atoms with van der Waals surface area (Å²) in [4.78, 5) is 11.3. The number of hydrogen-bond donors (Lipinski definition) is 1. The highest BCUT2D eigenvalue weighted by Crippen LogP contribution is 2.40. The highest BCUT2D eigenvalue weighted by atomic mass is 35.5. The van der Waals surface area contributed by atoms with Crippen molar-refractivity contribution in [3.63, 3.8) is 0 Å². The van der Waals surface area contributed by atoms with Crippen LogP contribution >= 0.6 is 11.6 Å². The van der Waals surface area contributed by atoms with Crippen molar-refractivity contribution in [2.24, 2.45) is 5.18 Å². The molecule has 0 saturated carbocycles. The lowest BCUT2D eigenvalue weighted by Crippen LogP contribution is -2.03. The molecule has 4 aromatic rings. The van der Waals surface area contributed by atoms with Crippen molar-refractivity contribution in [1.29, 1.82) is 0 Å². The molecule has 0 atom stereocenters. The number of fused-ring (bicyclic) bond motifs is 1. The van der Waals surface area contributed by atoms with E-state index in [1.165, 1.54) is 0 Å². The highest BCUT2D eigenvalue weighted by Gasteiger charge is 2.19. The van der Waals surface area contributed by atoms with Gasteiger partial charge in [-0.05, 0) is 35.0 Å². The minimum atomic E-state index is -0.190. The van der Waals surface area contributed by atoms with E-state index >= 15 is 0 Å². The maximum absolute atomic E-state index is 11.3. The molecular weight excluding hydrogens is 376 g/mol. The molecule has 6 heteroatoms. The summed E-state index contributed by atoms with van der Waals surface area (Å²) in [6.45, 7) is 0.761. The van der Waals surface area contributed by atoms with Crippen LogP contribution in [0.2, 0.25) is 5.02 Å². The van der Waals surface area contributed by atoms with Gasteiger partial charge in [-0.3, -0.25) is 0 Å². The molecule has 0 aliphatic heterocycles. The second-order valence-electron chi connectivity index (χ2n) is 6.39. The van der Waals surface area contributed by atoms with Crippen molar-refractivity contribution in [2.75, 3.05) is 0 Å². The third-order valence-electron chi connectivity index (χ3n) is 4.60. The Morgan fingerprint density at radius 1 is 1.00 bits per heavy atom. The van der Waals surface area contributed by atoms with E-state index in [0.29, 0.717) is 34.8 Å². The van der Waals surface area contributed by atoms with Crippen LogP contribution in [0.15, 0.2) is 78.0 Å². The molecule has 0 fully saturated rings. The molecule has 0 unspecified atom stereocenters. The molecule has 0 bridgehead atoms. The van der Waals surface area contributed by atoms with E-state index in [1.807, 2.05) is 54.6 Å². The fourth-order valence-corrected chi connectivity index (χ4v) is 3.40. The normalized spacial score (nSPS) is 10.9. The first-order chi connectivity index (χ1) is 13.7. The number of nitroso groups, excluding NO2 is 1. The number of para-hydroxylation sites is 1. The Hall–Kier alpha value is -3.31. The molecule has 0 aliphatic rings. The maximum atomic E-state index is 11.3. The van der Waals surface area contributed by atoms with Crippen LogP contribution in [0.25, 0.3) is 10.9 Å². The van der Waals surface area contributed by atoms with E-state index < -0.39 is 0 Å². The predicted molar refractivity (Wildman–Crippen MR) is 110 cm³/mol. The third-order valence-corrected chi connectivity index (χ3v) is 4.84. The molecule has 0 radical (unpaired) electrons. The molecule has 0 amide bonds. The number of aromatic hydroxyl groups is 1. The van der Waals surface area contributed by atoms with Gasteiger partial charge in [-0.1, -0.05) is 60.1 Å². The van der Waals surface area contributed by atoms with Gasteiger partial charge in [0.05, 0.1) is 12.1 Å². The van der Waals surface area contributed by atoms with Gasteiger partial charge in [0.2, 0.25) is 5.88 Å². The lowest BCUT2D eigenvalue weighted by atomic mass is 10.2. The standard InChI is InChI=1S/C22H17ClN2O3/c23-17-10-11-19-18(12-17)21(24-27)22(26)25(19)13-16-8-4-5-9-20(16)28-14-15-6-2-1-3-7-15/h1-12,26H,13-14H2. The molecule has 3 aromatic carbocycles. The SMILES string of the molecule is O=Nc1c(O)n(Cc2ccccc2OCc2ccccc2)c2ccc(Cl)cc12. The summed E-state index contributed by atoms with van der Waals surface area (Å²) < 4.78 is 7.63. The first-order valence-corrected chi connectivity index (χ1v) is 9.14. The van der Waals surface area contributed by atoms with Gasteiger partial charge in [0, 0.05) is 16.0 Å². The summed E-state index contributed by atoms with van der Waals surface area (Å²) in [6, 6.07) is 22.6. The zero-order chi connectivity index (χ0) is 19.5. The second kappa shape index (κ2) is 7.74. The predicted octanol–water partition coefficient (Wildman–Crippen LogP) is 6.03. The summed E-state index contributed by atoms with van der Waals surface area (Å²) >= 11 is 6.04.